The molecule has 1 N–H and O–H groups in total. The van der Waals surface area contributed by atoms with E-state index in [9.17, 15) is 10.1 Å². The van der Waals surface area contributed by atoms with E-state index in [2.05, 4.69) is 10.2 Å². The average molecular weight is 289 g/mol. The maximum Gasteiger partial charge on any atom is 0.269 e. The second kappa shape index (κ2) is 5.64. The third kappa shape index (κ3) is 2.62. The predicted octanol–water partition coefficient (Wildman–Crippen LogP) is 3.02. The topological polar surface area (TPSA) is 58.4 Å². The van der Waals surface area contributed by atoms with Crippen molar-refractivity contribution in [3.05, 3.63) is 33.9 Å². The van der Waals surface area contributed by atoms with Gasteiger partial charge in [-0.25, -0.2) is 0 Å². The van der Waals surface area contributed by atoms with Crippen molar-refractivity contribution in [2.24, 2.45) is 0 Å². The average Bonchev–Trinajstić information content (AvgIpc) is 2.49. The lowest BCUT2D eigenvalue weighted by atomic mass is 9.78. The molecule has 1 heterocycles. The van der Waals surface area contributed by atoms with Gasteiger partial charge in [-0.1, -0.05) is 19.3 Å². The van der Waals surface area contributed by atoms with Gasteiger partial charge in [0, 0.05) is 37.5 Å². The molecule has 0 radical (unpaired) electrons. The standard InChI is InChI=1S/C16H23N3O2/c1-13-11-14(19(20)21)5-6-15(13)18-10-9-17-12-16(18)7-3-2-4-8-16/h5-6,11,17H,2-4,7-10,12H2,1H3. The molecule has 0 aromatic heterocycles. The number of nitro groups is 1. The summed E-state index contributed by atoms with van der Waals surface area (Å²) in [7, 11) is 0. The summed E-state index contributed by atoms with van der Waals surface area (Å²) in [5.41, 5.74) is 2.57. The van der Waals surface area contributed by atoms with Crippen molar-refractivity contribution < 1.29 is 4.92 Å². The lowest BCUT2D eigenvalue weighted by Gasteiger charge is -2.51. The van der Waals surface area contributed by atoms with Gasteiger partial charge in [-0.3, -0.25) is 10.1 Å². The SMILES string of the molecule is Cc1cc([N+](=O)[O-])ccc1N1CCNCC12CCCCC2. The minimum Gasteiger partial charge on any atom is -0.363 e. The summed E-state index contributed by atoms with van der Waals surface area (Å²) in [6, 6.07) is 5.28. The van der Waals surface area contributed by atoms with E-state index >= 15 is 0 Å². The van der Waals surface area contributed by atoms with Crippen LogP contribution in [0.4, 0.5) is 11.4 Å². The van der Waals surface area contributed by atoms with E-state index in [1.54, 1.807) is 12.1 Å². The van der Waals surface area contributed by atoms with Gasteiger partial charge in [0.05, 0.1) is 10.5 Å². The maximum atomic E-state index is 10.9. The normalized spacial score (nSPS) is 21.5. The Hall–Kier alpha value is -1.62. The minimum absolute atomic E-state index is 0.184. The number of aryl methyl sites for hydroxylation is 1. The van der Waals surface area contributed by atoms with Gasteiger partial charge in [0.1, 0.15) is 0 Å². The van der Waals surface area contributed by atoms with Crippen LogP contribution in [-0.4, -0.2) is 30.1 Å². The molecule has 1 aromatic rings. The zero-order valence-corrected chi connectivity index (χ0v) is 12.6. The van der Waals surface area contributed by atoms with E-state index in [1.165, 1.54) is 37.8 Å². The molecule has 2 fully saturated rings. The number of benzene rings is 1. The van der Waals surface area contributed by atoms with Crippen LogP contribution in [0, 0.1) is 17.0 Å². The molecule has 0 bridgehead atoms. The predicted molar refractivity (Wildman–Crippen MR) is 83.9 cm³/mol. The zero-order valence-electron chi connectivity index (χ0n) is 12.6. The third-order valence-electron chi connectivity index (χ3n) is 5.01. The summed E-state index contributed by atoms with van der Waals surface area (Å²) in [6.45, 7) is 4.99. The number of rotatable bonds is 2. The number of nitro benzene ring substituents is 1. The van der Waals surface area contributed by atoms with Crippen molar-refractivity contribution >= 4 is 11.4 Å². The fraction of sp³-hybridized carbons (Fsp3) is 0.625. The molecule has 1 aliphatic heterocycles. The Labute approximate surface area is 125 Å². The number of hydrogen-bond acceptors (Lipinski definition) is 4. The maximum absolute atomic E-state index is 10.9. The molecule has 0 unspecified atom stereocenters. The fourth-order valence-corrected chi connectivity index (χ4v) is 3.93. The third-order valence-corrected chi connectivity index (χ3v) is 5.01. The van der Waals surface area contributed by atoms with Crippen LogP contribution in [0.15, 0.2) is 18.2 Å². The largest absolute Gasteiger partial charge is 0.363 e. The Morgan fingerprint density at radius 2 is 2.05 bits per heavy atom. The number of nitrogens with zero attached hydrogens (tertiary/aromatic N) is 2. The molecular formula is C16H23N3O2. The van der Waals surface area contributed by atoms with Crippen LogP contribution in [0.5, 0.6) is 0 Å². The van der Waals surface area contributed by atoms with Gasteiger partial charge in [-0.2, -0.15) is 0 Å². The highest BCUT2D eigenvalue weighted by atomic mass is 16.6. The van der Waals surface area contributed by atoms with Crippen LogP contribution in [0.25, 0.3) is 0 Å². The highest BCUT2D eigenvalue weighted by molar-refractivity contribution is 5.59. The van der Waals surface area contributed by atoms with Crippen molar-refractivity contribution in [3.8, 4) is 0 Å². The first kappa shape index (κ1) is 14.3. The molecule has 5 heteroatoms. The summed E-state index contributed by atoms with van der Waals surface area (Å²) in [5, 5.41) is 14.5. The van der Waals surface area contributed by atoms with Gasteiger partial charge in [0.2, 0.25) is 0 Å². The first-order valence-electron chi connectivity index (χ1n) is 7.86. The number of piperazine rings is 1. The van der Waals surface area contributed by atoms with Crippen LogP contribution in [0.2, 0.25) is 0 Å². The fourth-order valence-electron chi connectivity index (χ4n) is 3.93. The number of hydrogen-bond donors (Lipinski definition) is 1. The Morgan fingerprint density at radius 3 is 2.71 bits per heavy atom. The van der Waals surface area contributed by atoms with E-state index in [0.717, 1.165) is 25.2 Å². The van der Waals surface area contributed by atoms with Crippen LogP contribution in [-0.2, 0) is 0 Å². The molecule has 1 aliphatic carbocycles. The van der Waals surface area contributed by atoms with Gasteiger partial charge >= 0.3 is 0 Å². The summed E-state index contributed by atoms with van der Waals surface area (Å²) in [6.07, 6.45) is 6.33. The van der Waals surface area contributed by atoms with Crippen LogP contribution >= 0.6 is 0 Å². The summed E-state index contributed by atoms with van der Waals surface area (Å²) >= 11 is 0. The molecule has 5 nitrogen and oxygen atoms in total. The molecule has 0 atom stereocenters. The van der Waals surface area contributed by atoms with Crippen LogP contribution in [0.3, 0.4) is 0 Å². The molecular weight excluding hydrogens is 266 g/mol. The van der Waals surface area contributed by atoms with Gasteiger partial charge in [0.15, 0.2) is 0 Å². The van der Waals surface area contributed by atoms with E-state index < -0.39 is 0 Å². The molecule has 1 saturated heterocycles. The molecule has 1 spiro atoms. The van der Waals surface area contributed by atoms with Crippen molar-refractivity contribution in [2.45, 2.75) is 44.6 Å². The van der Waals surface area contributed by atoms with Crippen LogP contribution in [0.1, 0.15) is 37.7 Å². The van der Waals surface area contributed by atoms with E-state index in [4.69, 9.17) is 0 Å². The Kier molecular flexibility index (Phi) is 3.85. The zero-order chi connectivity index (χ0) is 14.9. The van der Waals surface area contributed by atoms with E-state index in [-0.39, 0.29) is 16.1 Å². The number of nitrogens with one attached hydrogen (secondary N) is 1. The van der Waals surface area contributed by atoms with Gasteiger partial charge in [-0.15, -0.1) is 0 Å². The number of non-ortho nitro benzene ring substituents is 1. The quantitative estimate of drug-likeness (QED) is 0.671. The minimum atomic E-state index is -0.315. The van der Waals surface area contributed by atoms with Gasteiger partial charge in [0.25, 0.3) is 5.69 Å². The molecule has 114 valence electrons. The van der Waals surface area contributed by atoms with Gasteiger partial charge in [-0.05, 0) is 31.4 Å². The van der Waals surface area contributed by atoms with Crippen molar-refractivity contribution in [3.63, 3.8) is 0 Å². The highest BCUT2D eigenvalue weighted by Gasteiger charge is 2.40. The summed E-state index contributed by atoms with van der Waals surface area (Å²) in [5.74, 6) is 0. The Morgan fingerprint density at radius 1 is 1.29 bits per heavy atom. The van der Waals surface area contributed by atoms with E-state index in [0.29, 0.717) is 0 Å². The highest BCUT2D eigenvalue weighted by Crippen LogP contribution is 2.39. The molecule has 0 amide bonds. The molecule has 2 aliphatic rings. The van der Waals surface area contributed by atoms with Crippen molar-refractivity contribution in [1.82, 2.24) is 5.32 Å². The van der Waals surface area contributed by atoms with Crippen molar-refractivity contribution in [1.29, 1.82) is 0 Å². The molecule has 1 aromatic carbocycles. The Bertz CT molecular complexity index is 530. The first-order valence-corrected chi connectivity index (χ1v) is 7.86. The first-order chi connectivity index (χ1) is 10.1. The monoisotopic (exact) mass is 289 g/mol. The summed E-state index contributed by atoms with van der Waals surface area (Å²) in [4.78, 5) is 13.1. The van der Waals surface area contributed by atoms with Crippen molar-refractivity contribution in [2.75, 3.05) is 24.5 Å². The second-order valence-electron chi connectivity index (χ2n) is 6.34. The lowest BCUT2D eigenvalue weighted by molar-refractivity contribution is -0.384. The molecule has 1 saturated carbocycles. The van der Waals surface area contributed by atoms with E-state index in [1.807, 2.05) is 13.0 Å². The summed E-state index contributed by atoms with van der Waals surface area (Å²) < 4.78 is 0. The molecule has 21 heavy (non-hydrogen) atoms. The second-order valence-corrected chi connectivity index (χ2v) is 6.34. The lowest BCUT2D eigenvalue weighted by Crippen LogP contribution is -2.62. The van der Waals surface area contributed by atoms with Crippen LogP contribution < -0.4 is 10.2 Å². The molecule has 3 rings (SSSR count). The number of anilines is 1. The smallest absolute Gasteiger partial charge is 0.269 e. The van der Waals surface area contributed by atoms with Gasteiger partial charge < -0.3 is 10.2 Å². The Balaban J connectivity index is 1.95.